The molecular weight excluding hydrogens is 458 g/mol. The summed E-state index contributed by atoms with van der Waals surface area (Å²) in [7, 11) is 1.62. The fourth-order valence-corrected chi connectivity index (χ4v) is 4.20. The lowest BCUT2D eigenvalue weighted by Crippen LogP contribution is -2.40. The van der Waals surface area contributed by atoms with Crippen molar-refractivity contribution in [3.63, 3.8) is 0 Å². The van der Waals surface area contributed by atoms with E-state index < -0.39 is 0 Å². The Labute approximate surface area is 211 Å². The maximum atomic E-state index is 13.1. The number of aromatic nitrogens is 2. The van der Waals surface area contributed by atoms with Crippen LogP contribution in [-0.4, -0.2) is 53.6 Å². The van der Waals surface area contributed by atoms with Gasteiger partial charge in [-0.3, -0.25) is 14.5 Å². The van der Waals surface area contributed by atoms with Crippen LogP contribution < -0.4 is 15.4 Å². The molecular formula is C27H33N5O4. The predicted octanol–water partition coefficient (Wildman–Crippen LogP) is 3.98. The number of carbonyl (C=O) groups excluding carboxylic acids is 2. The number of para-hydroxylation sites is 1. The Balaban J connectivity index is 1.36. The summed E-state index contributed by atoms with van der Waals surface area (Å²) in [5.74, 6) is 1.66. The summed E-state index contributed by atoms with van der Waals surface area (Å²) in [4.78, 5) is 32.4. The molecule has 2 N–H and O–H groups in total. The maximum absolute atomic E-state index is 13.1. The minimum Gasteiger partial charge on any atom is -0.497 e. The summed E-state index contributed by atoms with van der Waals surface area (Å²) in [5, 5.41) is 10.00. The van der Waals surface area contributed by atoms with E-state index in [9.17, 15) is 9.59 Å². The maximum Gasteiger partial charge on any atom is 0.253 e. The van der Waals surface area contributed by atoms with Crippen molar-refractivity contribution in [1.29, 1.82) is 0 Å². The van der Waals surface area contributed by atoms with Crippen molar-refractivity contribution in [1.82, 2.24) is 20.4 Å². The zero-order valence-corrected chi connectivity index (χ0v) is 21.0. The zero-order chi connectivity index (χ0) is 25.5. The van der Waals surface area contributed by atoms with Crippen molar-refractivity contribution in [3.05, 3.63) is 60.0 Å². The molecule has 9 nitrogen and oxygen atoms in total. The largest absolute Gasteiger partial charge is 0.497 e. The predicted molar refractivity (Wildman–Crippen MR) is 137 cm³/mol. The molecule has 0 radical (unpaired) electrons. The number of carbonyl (C=O) groups is 2. The summed E-state index contributed by atoms with van der Waals surface area (Å²) in [6, 6.07) is 14.6. The molecule has 1 aliphatic rings. The molecule has 3 aromatic rings. The number of methoxy groups -OCH3 is 1. The van der Waals surface area contributed by atoms with Crippen LogP contribution in [0, 0.1) is 11.8 Å². The Morgan fingerprint density at radius 3 is 2.69 bits per heavy atom. The molecule has 0 saturated carbocycles. The molecule has 36 heavy (non-hydrogen) atoms. The van der Waals surface area contributed by atoms with Crippen molar-refractivity contribution in [2.45, 2.75) is 33.2 Å². The van der Waals surface area contributed by atoms with Crippen LogP contribution in [0.3, 0.4) is 0 Å². The second kappa shape index (κ2) is 11.8. The van der Waals surface area contributed by atoms with Gasteiger partial charge in [-0.1, -0.05) is 31.1 Å². The lowest BCUT2D eigenvalue weighted by atomic mass is 9.96. The van der Waals surface area contributed by atoms with E-state index in [0.29, 0.717) is 48.5 Å². The van der Waals surface area contributed by atoms with Gasteiger partial charge in [0.2, 0.25) is 17.6 Å². The number of hydrogen-bond acceptors (Lipinski definition) is 7. The van der Waals surface area contributed by atoms with E-state index in [1.807, 2.05) is 44.2 Å². The van der Waals surface area contributed by atoms with Crippen molar-refractivity contribution in [2.75, 3.05) is 32.1 Å². The number of piperidine rings is 1. The second-order valence-corrected chi connectivity index (χ2v) is 9.45. The van der Waals surface area contributed by atoms with Crippen LogP contribution in [0.25, 0.3) is 11.4 Å². The summed E-state index contributed by atoms with van der Waals surface area (Å²) in [6.07, 6.45) is 1.67. The highest BCUT2D eigenvalue weighted by atomic mass is 16.5. The van der Waals surface area contributed by atoms with Gasteiger partial charge in [-0.05, 0) is 61.7 Å². The quantitative estimate of drug-likeness (QED) is 0.466. The molecule has 2 aromatic carbocycles. The SMILES string of the molecule is COc1ccc(-c2noc(CN3CCCC(C(=O)Nc4ccccc4C(=O)NCC(C)C)C3)n2)cc1. The van der Waals surface area contributed by atoms with Gasteiger partial charge in [-0.15, -0.1) is 0 Å². The Kier molecular flexibility index (Phi) is 8.32. The lowest BCUT2D eigenvalue weighted by molar-refractivity contribution is -0.121. The highest BCUT2D eigenvalue weighted by molar-refractivity contribution is 6.04. The number of hydrogen-bond donors (Lipinski definition) is 2. The third-order valence-corrected chi connectivity index (χ3v) is 6.15. The Hall–Kier alpha value is -3.72. The first-order valence-corrected chi connectivity index (χ1v) is 12.3. The number of amides is 2. The Bertz CT molecular complexity index is 1170. The highest BCUT2D eigenvalue weighted by Gasteiger charge is 2.28. The first-order valence-electron chi connectivity index (χ1n) is 12.3. The third-order valence-electron chi connectivity index (χ3n) is 6.15. The monoisotopic (exact) mass is 491 g/mol. The molecule has 0 spiro atoms. The third kappa shape index (κ3) is 6.48. The smallest absolute Gasteiger partial charge is 0.253 e. The van der Waals surface area contributed by atoms with Gasteiger partial charge in [0.25, 0.3) is 5.91 Å². The van der Waals surface area contributed by atoms with Crippen LogP contribution in [0.15, 0.2) is 53.1 Å². The van der Waals surface area contributed by atoms with E-state index in [2.05, 4.69) is 25.7 Å². The average Bonchev–Trinajstić information content (AvgIpc) is 3.36. The van der Waals surface area contributed by atoms with Gasteiger partial charge >= 0.3 is 0 Å². The first kappa shape index (κ1) is 25.4. The van der Waals surface area contributed by atoms with Crippen molar-refractivity contribution in [3.8, 4) is 17.1 Å². The summed E-state index contributed by atoms with van der Waals surface area (Å²) < 4.78 is 10.7. The number of benzene rings is 2. The van der Waals surface area contributed by atoms with E-state index in [4.69, 9.17) is 9.26 Å². The number of likely N-dealkylation sites (tertiary alicyclic amines) is 1. The van der Waals surface area contributed by atoms with Gasteiger partial charge in [0.1, 0.15) is 5.75 Å². The van der Waals surface area contributed by atoms with Crippen LogP contribution in [0.1, 0.15) is 42.9 Å². The van der Waals surface area contributed by atoms with Crippen LogP contribution in [0.5, 0.6) is 5.75 Å². The van der Waals surface area contributed by atoms with Crippen LogP contribution in [0.4, 0.5) is 5.69 Å². The lowest BCUT2D eigenvalue weighted by Gasteiger charge is -2.31. The van der Waals surface area contributed by atoms with E-state index in [-0.39, 0.29) is 17.7 Å². The topological polar surface area (TPSA) is 110 Å². The standard InChI is InChI=1S/C27H33N5O4/c1-18(2)15-28-27(34)22-8-4-5-9-23(22)29-26(33)20-7-6-14-32(16-20)17-24-30-25(31-36-24)19-10-12-21(35-3)13-11-19/h4-5,8-13,18,20H,6-7,14-17H2,1-3H3,(H,28,34)(H,29,33). The second-order valence-electron chi connectivity index (χ2n) is 9.45. The minimum absolute atomic E-state index is 0.0896. The Morgan fingerprint density at radius 1 is 1.17 bits per heavy atom. The van der Waals surface area contributed by atoms with E-state index in [0.717, 1.165) is 30.7 Å². The molecule has 9 heteroatoms. The van der Waals surface area contributed by atoms with Crippen molar-refractivity contribution >= 4 is 17.5 Å². The average molecular weight is 492 g/mol. The van der Waals surface area contributed by atoms with Crippen LogP contribution in [0.2, 0.25) is 0 Å². The molecule has 1 aromatic heterocycles. The number of ether oxygens (including phenoxy) is 1. The highest BCUT2D eigenvalue weighted by Crippen LogP contribution is 2.24. The van der Waals surface area contributed by atoms with E-state index in [1.54, 1.807) is 25.3 Å². The molecule has 1 saturated heterocycles. The molecule has 1 fully saturated rings. The Morgan fingerprint density at radius 2 is 1.94 bits per heavy atom. The number of rotatable bonds is 9. The van der Waals surface area contributed by atoms with Gasteiger partial charge in [0.15, 0.2) is 0 Å². The number of anilines is 1. The van der Waals surface area contributed by atoms with Gasteiger partial charge in [0, 0.05) is 18.7 Å². The minimum atomic E-state index is -0.200. The molecule has 2 heterocycles. The zero-order valence-electron chi connectivity index (χ0n) is 21.0. The normalized spacial score (nSPS) is 16.1. The molecule has 1 atom stereocenters. The first-order chi connectivity index (χ1) is 17.4. The van der Waals surface area contributed by atoms with Gasteiger partial charge in [-0.2, -0.15) is 4.98 Å². The van der Waals surface area contributed by atoms with Crippen molar-refractivity contribution < 1.29 is 18.8 Å². The van der Waals surface area contributed by atoms with Crippen molar-refractivity contribution in [2.24, 2.45) is 11.8 Å². The van der Waals surface area contributed by atoms with E-state index in [1.165, 1.54) is 0 Å². The number of nitrogens with one attached hydrogen (secondary N) is 2. The molecule has 1 unspecified atom stereocenters. The van der Waals surface area contributed by atoms with Gasteiger partial charge in [-0.25, -0.2) is 0 Å². The molecule has 2 amide bonds. The molecule has 190 valence electrons. The molecule has 4 rings (SSSR count). The molecule has 1 aliphatic heterocycles. The molecule has 0 bridgehead atoms. The summed E-state index contributed by atoms with van der Waals surface area (Å²) in [6.45, 7) is 6.55. The fraction of sp³-hybridized carbons (Fsp3) is 0.407. The van der Waals surface area contributed by atoms with Crippen LogP contribution in [-0.2, 0) is 11.3 Å². The summed E-state index contributed by atoms with van der Waals surface area (Å²) >= 11 is 0. The van der Waals surface area contributed by atoms with E-state index >= 15 is 0 Å². The van der Waals surface area contributed by atoms with Gasteiger partial charge < -0.3 is 19.9 Å². The summed E-state index contributed by atoms with van der Waals surface area (Å²) in [5.41, 5.74) is 1.84. The number of nitrogens with zero attached hydrogens (tertiary/aromatic N) is 3. The molecule has 0 aliphatic carbocycles. The van der Waals surface area contributed by atoms with Gasteiger partial charge in [0.05, 0.1) is 30.8 Å². The van der Waals surface area contributed by atoms with Crippen LogP contribution >= 0.6 is 0 Å². The fourth-order valence-electron chi connectivity index (χ4n) is 4.20.